The zero-order valence-corrected chi connectivity index (χ0v) is 14.1. The molecule has 0 radical (unpaired) electrons. The Balaban J connectivity index is 1.71. The first-order chi connectivity index (χ1) is 11.5. The van der Waals surface area contributed by atoms with E-state index in [9.17, 15) is 13.2 Å². The van der Waals surface area contributed by atoms with Crippen LogP contribution in [0.2, 0.25) is 0 Å². The standard InChI is InChI=1S/C15H18N4O4S/c1-18-7-9-19(10-8-18)15(20)14-16-13(17-23-14)11-24(21,22)12-5-3-2-4-6-12/h2-6H,7-11H2,1H3. The number of piperazine rings is 1. The number of sulfone groups is 1. The Hall–Kier alpha value is -2.26. The van der Waals surface area contributed by atoms with Crippen molar-refractivity contribution in [3.8, 4) is 0 Å². The number of amides is 1. The lowest BCUT2D eigenvalue weighted by Crippen LogP contribution is -2.47. The fourth-order valence-corrected chi connectivity index (χ4v) is 3.62. The summed E-state index contributed by atoms with van der Waals surface area (Å²) in [6, 6.07) is 8.04. The largest absolute Gasteiger partial charge is 0.332 e. The molecule has 0 spiro atoms. The lowest BCUT2D eigenvalue weighted by atomic mass is 10.3. The number of hydrogen-bond acceptors (Lipinski definition) is 7. The van der Waals surface area contributed by atoms with Crippen LogP contribution in [0.5, 0.6) is 0 Å². The van der Waals surface area contributed by atoms with Crippen LogP contribution in [0, 0.1) is 0 Å². The van der Waals surface area contributed by atoms with Crippen LogP contribution in [-0.4, -0.2) is 67.5 Å². The molecule has 1 aromatic heterocycles. The molecule has 0 bridgehead atoms. The summed E-state index contributed by atoms with van der Waals surface area (Å²) in [5.74, 6) is -0.954. The van der Waals surface area contributed by atoms with Gasteiger partial charge in [0.25, 0.3) is 0 Å². The van der Waals surface area contributed by atoms with Crippen molar-refractivity contribution in [3.63, 3.8) is 0 Å². The van der Waals surface area contributed by atoms with E-state index in [2.05, 4.69) is 15.0 Å². The molecule has 2 aromatic rings. The van der Waals surface area contributed by atoms with Crippen molar-refractivity contribution in [3.05, 3.63) is 42.0 Å². The minimum Gasteiger partial charge on any atom is -0.332 e. The molecule has 1 aliphatic rings. The fourth-order valence-electron chi connectivity index (χ4n) is 2.43. The van der Waals surface area contributed by atoms with E-state index in [0.29, 0.717) is 13.1 Å². The number of likely N-dealkylation sites (N-methyl/N-ethyl adjacent to an activating group) is 1. The number of rotatable bonds is 4. The van der Waals surface area contributed by atoms with Gasteiger partial charge in [0.1, 0.15) is 5.75 Å². The summed E-state index contributed by atoms with van der Waals surface area (Å²) in [5, 5.41) is 3.63. The molecular weight excluding hydrogens is 332 g/mol. The average molecular weight is 350 g/mol. The van der Waals surface area contributed by atoms with Crippen molar-refractivity contribution in [1.29, 1.82) is 0 Å². The molecule has 1 aliphatic heterocycles. The van der Waals surface area contributed by atoms with Gasteiger partial charge in [0, 0.05) is 26.2 Å². The molecule has 8 nitrogen and oxygen atoms in total. The highest BCUT2D eigenvalue weighted by molar-refractivity contribution is 7.90. The van der Waals surface area contributed by atoms with E-state index in [1.807, 2.05) is 7.05 Å². The van der Waals surface area contributed by atoms with Crippen molar-refractivity contribution in [2.45, 2.75) is 10.6 Å². The highest BCUT2D eigenvalue weighted by Crippen LogP contribution is 2.15. The molecular formula is C15H18N4O4S. The third kappa shape index (κ3) is 3.62. The van der Waals surface area contributed by atoms with E-state index in [1.165, 1.54) is 12.1 Å². The second-order valence-corrected chi connectivity index (χ2v) is 7.67. The van der Waals surface area contributed by atoms with Crippen LogP contribution in [0.15, 0.2) is 39.8 Å². The molecule has 9 heteroatoms. The fraction of sp³-hybridized carbons (Fsp3) is 0.400. The summed E-state index contributed by atoms with van der Waals surface area (Å²) in [5.41, 5.74) is 0. The molecule has 0 unspecified atom stereocenters. The van der Waals surface area contributed by atoms with Crippen LogP contribution in [0.4, 0.5) is 0 Å². The number of aromatic nitrogens is 2. The molecule has 1 saturated heterocycles. The van der Waals surface area contributed by atoms with Crippen LogP contribution in [0.25, 0.3) is 0 Å². The molecule has 1 fully saturated rings. The molecule has 3 rings (SSSR count). The van der Waals surface area contributed by atoms with Crippen LogP contribution in [0.3, 0.4) is 0 Å². The quantitative estimate of drug-likeness (QED) is 0.789. The predicted octanol–water partition coefficient (Wildman–Crippen LogP) is 0.431. The molecule has 0 aliphatic carbocycles. The lowest BCUT2D eigenvalue weighted by molar-refractivity contribution is 0.0615. The van der Waals surface area contributed by atoms with Gasteiger partial charge in [0.05, 0.1) is 4.90 Å². The van der Waals surface area contributed by atoms with E-state index < -0.39 is 15.6 Å². The molecule has 0 saturated carbocycles. The van der Waals surface area contributed by atoms with Gasteiger partial charge in [-0.2, -0.15) is 4.98 Å². The van der Waals surface area contributed by atoms with E-state index in [0.717, 1.165) is 13.1 Å². The smallest absolute Gasteiger partial charge is 0.316 e. The van der Waals surface area contributed by atoms with Crippen molar-refractivity contribution >= 4 is 15.7 Å². The SMILES string of the molecule is CN1CCN(C(=O)c2nc(CS(=O)(=O)c3ccccc3)no2)CC1. The van der Waals surface area contributed by atoms with E-state index in [1.54, 1.807) is 23.1 Å². The van der Waals surface area contributed by atoms with Crippen LogP contribution >= 0.6 is 0 Å². The maximum absolute atomic E-state index is 12.3. The molecule has 2 heterocycles. The summed E-state index contributed by atoms with van der Waals surface area (Å²) < 4.78 is 29.5. The Labute approximate surface area is 140 Å². The first-order valence-electron chi connectivity index (χ1n) is 7.54. The van der Waals surface area contributed by atoms with Crippen molar-refractivity contribution in [1.82, 2.24) is 19.9 Å². The first-order valence-corrected chi connectivity index (χ1v) is 9.19. The van der Waals surface area contributed by atoms with Crippen LogP contribution < -0.4 is 0 Å². The van der Waals surface area contributed by atoms with E-state index in [4.69, 9.17) is 4.52 Å². The lowest BCUT2D eigenvalue weighted by Gasteiger charge is -2.31. The van der Waals surface area contributed by atoms with E-state index >= 15 is 0 Å². The van der Waals surface area contributed by atoms with Gasteiger partial charge in [-0.05, 0) is 19.2 Å². The molecule has 1 aromatic carbocycles. The van der Waals surface area contributed by atoms with Gasteiger partial charge in [-0.15, -0.1) is 0 Å². The Morgan fingerprint density at radius 2 is 1.83 bits per heavy atom. The molecule has 128 valence electrons. The summed E-state index contributed by atoms with van der Waals surface area (Å²) in [7, 11) is -1.59. The van der Waals surface area contributed by atoms with Crippen molar-refractivity contribution < 1.29 is 17.7 Å². The van der Waals surface area contributed by atoms with Gasteiger partial charge in [-0.25, -0.2) is 8.42 Å². The van der Waals surface area contributed by atoms with Crippen LogP contribution in [0.1, 0.15) is 16.5 Å². The zero-order valence-electron chi connectivity index (χ0n) is 13.3. The number of carbonyl (C=O) groups is 1. The summed E-state index contributed by atoms with van der Waals surface area (Å²) in [6.07, 6.45) is 0. The third-order valence-corrected chi connectivity index (χ3v) is 5.49. The summed E-state index contributed by atoms with van der Waals surface area (Å²) >= 11 is 0. The second-order valence-electron chi connectivity index (χ2n) is 5.68. The number of nitrogens with zero attached hydrogens (tertiary/aromatic N) is 4. The first kappa shape index (κ1) is 16.6. The minimum absolute atomic E-state index is 0.0173. The Morgan fingerprint density at radius 3 is 2.50 bits per heavy atom. The van der Waals surface area contributed by atoms with Gasteiger partial charge < -0.3 is 14.3 Å². The maximum atomic E-state index is 12.3. The zero-order chi connectivity index (χ0) is 17.2. The van der Waals surface area contributed by atoms with Gasteiger partial charge >= 0.3 is 11.8 Å². The minimum atomic E-state index is -3.57. The average Bonchev–Trinajstić information content (AvgIpc) is 3.03. The van der Waals surface area contributed by atoms with Crippen LogP contribution in [-0.2, 0) is 15.6 Å². The maximum Gasteiger partial charge on any atom is 0.316 e. The summed E-state index contributed by atoms with van der Waals surface area (Å²) in [6.45, 7) is 2.70. The number of carbonyl (C=O) groups excluding carboxylic acids is 1. The topological polar surface area (TPSA) is 96.6 Å². The molecule has 0 N–H and O–H groups in total. The van der Waals surface area contributed by atoms with Gasteiger partial charge in [-0.1, -0.05) is 23.4 Å². The second kappa shape index (κ2) is 6.70. The van der Waals surface area contributed by atoms with E-state index in [-0.39, 0.29) is 22.5 Å². The molecule has 0 atom stereocenters. The highest BCUT2D eigenvalue weighted by atomic mass is 32.2. The van der Waals surface area contributed by atoms with Gasteiger partial charge in [-0.3, -0.25) is 4.79 Å². The number of hydrogen-bond donors (Lipinski definition) is 0. The number of benzene rings is 1. The predicted molar refractivity (Wildman–Crippen MR) is 85.0 cm³/mol. The Morgan fingerprint density at radius 1 is 1.17 bits per heavy atom. The Bertz CT molecular complexity index is 811. The molecule has 24 heavy (non-hydrogen) atoms. The monoisotopic (exact) mass is 350 g/mol. The van der Waals surface area contributed by atoms with Gasteiger partial charge in [0.2, 0.25) is 0 Å². The van der Waals surface area contributed by atoms with Gasteiger partial charge in [0.15, 0.2) is 15.7 Å². The normalized spacial score (nSPS) is 16.3. The van der Waals surface area contributed by atoms with Crippen molar-refractivity contribution in [2.24, 2.45) is 0 Å². The third-order valence-electron chi connectivity index (χ3n) is 3.86. The highest BCUT2D eigenvalue weighted by Gasteiger charge is 2.26. The molecule has 1 amide bonds. The summed E-state index contributed by atoms with van der Waals surface area (Å²) in [4.78, 5) is 20.2. The van der Waals surface area contributed by atoms with Crippen molar-refractivity contribution in [2.75, 3.05) is 33.2 Å². The Kier molecular flexibility index (Phi) is 4.63.